The van der Waals surface area contributed by atoms with Gasteiger partial charge in [0.15, 0.2) is 0 Å². The fourth-order valence-electron chi connectivity index (χ4n) is 1.68. The zero-order valence-corrected chi connectivity index (χ0v) is 11.7. The average molecular weight is 318 g/mol. The van der Waals surface area contributed by atoms with Gasteiger partial charge in [-0.3, -0.25) is 0 Å². The third-order valence-electron chi connectivity index (χ3n) is 2.64. The van der Waals surface area contributed by atoms with E-state index in [0.29, 0.717) is 18.0 Å². The van der Waals surface area contributed by atoms with Gasteiger partial charge in [0.05, 0.1) is 4.47 Å². The van der Waals surface area contributed by atoms with Crippen LogP contribution in [-0.2, 0) is 13.2 Å². The van der Waals surface area contributed by atoms with Gasteiger partial charge in [-0.1, -0.05) is 18.2 Å². The van der Waals surface area contributed by atoms with Gasteiger partial charge in [-0.05, 0) is 28.1 Å². The summed E-state index contributed by atoms with van der Waals surface area (Å²) < 4.78 is 6.61. The molecule has 5 heteroatoms. The SMILES string of the molecule is N#Cc1ncccc1COc1c(Br)cccc1CN. The molecule has 2 N–H and O–H groups in total. The predicted octanol–water partition coefficient (Wildman–Crippen LogP) is 2.75. The number of nitriles is 1. The molecule has 0 unspecified atom stereocenters. The third kappa shape index (κ3) is 3.11. The molecule has 0 saturated carbocycles. The molecule has 96 valence electrons. The van der Waals surface area contributed by atoms with E-state index in [9.17, 15) is 0 Å². The molecule has 1 heterocycles. The molecule has 0 aliphatic carbocycles. The van der Waals surface area contributed by atoms with E-state index in [1.807, 2.05) is 30.3 Å². The number of aromatic nitrogens is 1. The first-order valence-electron chi connectivity index (χ1n) is 5.70. The van der Waals surface area contributed by atoms with E-state index in [1.54, 1.807) is 12.3 Å². The second-order valence-electron chi connectivity index (χ2n) is 3.84. The summed E-state index contributed by atoms with van der Waals surface area (Å²) in [4.78, 5) is 4.00. The summed E-state index contributed by atoms with van der Waals surface area (Å²) in [5.74, 6) is 0.706. The summed E-state index contributed by atoms with van der Waals surface area (Å²) in [5, 5.41) is 8.97. The van der Waals surface area contributed by atoms with Gasteiger partial charge in [-0.15, -0.1) is 0 Å². The number of nitrogens with two attached hydrogens (primary N) is 1. The second-order valence-corrected chi connectivity index (χ2v) is 4.70. The van der Waals surface area contributed by atoms with Crippen LogP contribution in [0.2, 0.25) is 0 Å². The lowest BCUT2D eigenvalue weighted by Gasteiger charge is -2.12. The van der Waals surface area contributed by atoms with Gasteiger partial charge in [-0.25, -0.2) is 4.98 Å². The van der Waals surface area contributed by atoms with Crippen molar-refractivity contribution in [2.75, 3.05) is 0 Å². The van der Waals surface area contributed by atoms with Crippen molar-refractivity contribution >= 4 is 15.9 Å². The molecule has 0 spiro atoms. The largest absolute Gasteiger partial charge is 0.487 e. The number of pyridine rings is 1. The standard InChI is InChI=1S/C14H12BrN3O/c15-12-5-1-3-10(7-16)14(12)19-9-11-4-2-6-18-13(11)8-17/h1-6H,7,9,16H2. The number of hydrogen-bond acceptors (Lipinski definition) is 4. The molecule has 0 radical (unpaired) electrons. The molecular weight excluding hydrogens is 306 g/mol. The van der Waals surface area contributed by atoms with Gasteiger partial charge in [0.2, 0.25) is 0 Å². The minimum absolute atomic E-state index is 0.284. The highest BCUT2D eigenvalue weighted by Gasteiger charge is 2.09. The van der Waals surface area contributed by atoms with Gasteiger partial charge in [0.1, 0.15) is 24.1 Å². The average Bonchev–Trinajstić information content (AvgIpc) is 2.46. The monoisotopic (exact) mass is 317 g/mol. The maximum absolute atomic E-state index is 8.97. The van der Waals surface area contributed by atoms with E-state index in [4.69, 9.17) is 15.7 Å². The number of ether oxygens (including phenoxy) is 1. The van der Waals surface area contributed by atoms with E-state index >= 15 is 0 Å². The molecule has 19 heavy (non-hydrogen) atoms. The van der Waals surface area contributed by atoms with Crippen molar-refractivity contribution in [3.8, 4) is 11.8 Å². The zero-order chi connectivity index (χ0) is 13.7. The molecule has 2 aromatic rings. The van der Waals surface area contributed by atoms with Crippen LogP contribution in [0.4, 0.5) is 0 Å². The molecule has 4 nitrogen and oxygen atoms in total. The van der Waals surface area contributed by atoms with Crippen LogP contribution in [-0.4, -0.2) is 4.98 Å². The quantitative estimate of drug-likeness (QED) is 0.941. The highest BCUT2D eigenvalue weighted by atomic mass is 79.9. The smallest absolute Gasteiger partial charge is 0.147 e. The Kier molecular flexibility index (Phi) is 4.50. The lowest BCUT2D eigenvalue weighted by molar-refractivity contribution is 0.300. The summed E-state index contributed by atoms with van der Waals surface area (Å²) in [6.45, 7) is 0.680. The van der Waals surface area contributed by atoms with Gasteiger partial charge < -0.3 is 10.5 Å². The Bertz CT molecular complexity index is 622. The van der Waals surface area contributed by atoms with Gasteiger partial charge in [0, 0.05) is 23.9 Å². The van der Waals surface area contributed by atoms with Gasteiger partial charge in [-0.2, -0.15) is 5.26 Å². The Hall–Kier alpha value is -1.90. The van der Waals surface area contributed by atoms with Crippen LogP contribution in [0.15, 0.2) is 41.0 Å². The predicted molar refractivity (Wildman–Crippen MR) is 75.3 cm³/mol. The molecule has 0 saturated heterocycles. The number of rotatable bonds is 4. The number of nitrogens with zero attached hydrogens (tertiary/aromatic N) is 2. The Labute approximate surface area is 120 Å². The van der Waals surface area contributed by atoms with Crippen molar-refractivity contribution in [2.45, 2.75) is 13.2 Å². The Morgan fingerprint density at radius 2 is 2.05 bits per heavy atom. The topological polar surface area (TPSA) is 71.9 Å². The molecule has 0 atom stereocenters. The summed E-state index contributed by atoms with van der Waals surface area (Å²) in [5.41, 5.74) is 7.72. The van der Waals surface area contributed by atoms with Gasteiger partial charge in [0.25, 0.3) is 0 Å². The first-order valence-corrected chi connectivity index (χ1v) is 6.49. The molecule has 0 amide bonds. The molecule has 0 bridgehead atoms. The van der Waals surface area contributed by atoms with Crippen LogP contribution in [0, 0.1) is 11.3 Å². The highest BCUT2D eigenvalue weighted by Crippen LogP contribution is 2.29. The maximum Gasteiger partial charge on any atom is 0.147 e. The zero-order valence-electron chi connectivity index (χ0n) is 10.1. The lowest BCUT2D eigenvalue weighted by Crippen LogP contribution is -2.05. The summed E-state index contributed by atoms with van der Waals surface area (Å²) in [6.07, 6.45) is 1.59. The first kappa shape index (κ1) is 13.5. The fourth-order valence-corrected chi connectivity index (χ4v) is 2.20. The van der Waals surface area contributed by atoms with E-state index in [1.165, 1.54) is 0 Å². The molecule has 0 aliphatic rings. The van der Waals surface area contributed by atoms with Crippen LogP contribution < -0.4 is 10.5 Å². The lowest BCUT2D eigenvalue weighted by atomic mass is 10.2. The number of para-hydroxylation sites is 1. The summed E-state index contributed by atoms with van der Waals surface area (Å²) in [7, 11) is 0. The maximum atomic E-state index is 8.97. The van der Waals surface area contributed by atoms with E-state index in [-0.39, 0.29) is 6.61 Å². The van der Waals surface area contributed by atoms with Crippen molar-refractivity contribution in [1.29, 1.82) is 5.26 Å². The van der Waals surface area contributed by atoms with E-state index in [0.717, 1.165) is 15.6 Å². The summed E-state index contributed by atoms with van der Waals surface area (Å²) >= 11 is 3.44. The minimum atomic E-state index is 0.284. The first-order chi connectivity index (χ1) is 9.26. The van der Waals surface area contributed by atoms with Crippen LogP contribution in [0.5, 0.6) is 5.75 Å². The molecule has 0 aliphatic heterocycles. The number of benzene rings is 1. The Morgan fingerprint density at radius 3 is 2.79 bits per heavy atom. The Morgan fingerprint density at radius 1 is 1.26 bits per heavy atom. The molecule has 1 aromatic heterocycles. The van der Waals surface area contributed by atoms with Crippen molar-refractivity contribution in [1.82, 2.24) is 4.98 Å². The van der Waals surface area contributed by atoms with Crippen LogP contribution >= 0.6 is 15.9 Å². The second kappa shape index (κ2) is 6.32. The van der Waals surface area contributed by atoms with Crippen LogP contribution in [0.3, 0.4) is 0 Å². The fraction of sp³-hybridized carbons (Fsp3) is 0.143. The molecular formula is C14H12BrN3O. The normalized spacial score (nSPS) is 9.95. The van der Waals surface area contributed by atoms with Crippen molar-refractivity contribution in [3.63, 3.8) is 0 Å². The molecule has 2 rings (SSSR count). The highest BCUT2D eigenvalue weighted by molar-refractivity contribution is 9.10. The third-order valence-corrected chi connectivity index (χ3v) is 3.26. The molecule has 1 aromatic carbocycles. The Balaban J connectivity index is 2.22. The van der Waals surface area contributed by atoms with Crippen LogP contribution in [0.25, 0.3) is 0 Å². The summed E-state index contributed by atoms with van der Waals surface area (Å²) in [6, 6.07) is 11.4. The molecule has 0 fully saturated rings. The minimum Gasteiger partial charge on any atom is -0.487 e. The number of hydrogen-bond donors (Lipinski definition) is 1. The van der Waals surface area contributed by atoms with E-state index < -0.39 is 0 Å². The van der Waals surface area contributed by atoms with Crippen LogP contribution in [0.1, 0.15) is 16.8 Å². The van der Waals surface area contributed by atoms with E-state index in [2.05, 4.69) is 20.9 Å². The van der Waals surface area contributed by atoms with Crippen molar-refractivity contribution in [2.24, 2.45) is 5.73 Å². The number of halogens is 1. The van der Waals surface area contributed by atoms with Gasteiger partial charge >= 0.3 is 0 Å². The van der Waals surface area contributed by atoms with Crippen molar-refractivity contribution in [3.05, 3.63) is 57.8 Å². The van der Waals surface area contributed by atoms with Crippen molar-refractivity contribution < 1.29 is 4.74 Å².